The summed E-state index contributed by atoms with van der Waals surface area (Å²) in [6, 6.07) is 3.42. The minimum atomic E-state index is -0.442. The fourth-order valence-corrected chi connectivity index (χ4v) is 4.26. The average molecular weight is 506 g/mol. The molecule has 37 heavy (non-hydrogen) atoms. The van der Waals surface area contributed by atoms with E-state index in [1.54, 1.807) is 18.5 Å². The van der Waals surface area contributed by atoms with Gasteiger partial charge in [0.25, 0.3) is 0 Å². The third kappa shape index (κ3) is 6.04. The molecule has 3 aromatic rings. The van der Waals surface area contributed by atoms with Gasteiger partial charge in [-0.2, -0.15) is 10.1 Å². The van der Waals surface area contributed by atoms with E-state index in [0.29, 0.717) is 41.9 Å². The number of rotatable bonds is 7. The lowest BCUT2D eigenvalue weighted by atomic mass is 9.99. The fourth-order valence-electron chi connectivity index (χ4n) is 4.26. The van der Waals surface area contributed by atoms with Crippen LogP contribution in [0.5, 0.6) is 0 Å². The summed E-state index contributed by atoms with van der Waals surface area (Å²) in [5.41, 5.74) is 3.36. The Morgan fingerprint density at radius 3 is 2.62 bits per heavy atom. The van der Waals surface area contributed by atoms with E-state index in [1.807, 2.05) is 70.4 Å². The summed E-state index contributed by atoms with van der Waals surface area (Å²) in [6.45, 7) is 12.7. The van der Waals surface area contributed by atoms with Crippen LogP contribution < -0.4 is 15.5 Å². The van der Waals surface area contributed by atoms with Gasteiger partial charge in [-0.3, -0.25) is 19.9 Å². The lowest BCUT2D eigenvalue weighted by Gasteiger charge is -2.36. The zero-order valence-corrected chi connectivity index (χ0v) is 22.5. The highest BCUT2D eigenvalue weighted by molar-refractivity contribution is 6.03. The molecule has 0 radical (unpaired) electrons. The molecule has 0 fully saturated rings. The third-order valence-corrected chi connectivity index (χ3v) is 5.92. The molecule has 4 rings (SSSR count). The number of ether oxygens (including phenoxy) is 1. The van der Waals surface area contributed by atoms with Crippen LogP contribution in [0.15, 0.2) is 30.7 Å². The van der Waals surface area contributed by atoms with E-state index in [0.717, 1.165) is 11.1 Å². The fraction of sp³-hybridized carbons (Fsp3) is 0.462. The first kappa shape index (κ1) is 26.1. The van der Waals surface area contributed by atoms with Gasteiger partial charge in [-0.15, -0.1) is 0 Å². The Kier molecular flexibility index (Phi) is 7.15. The van der Waals surface area contributed by atoms with E-state index in [4.69, 9.17) is 10.1 Å². The molecule has 1 amide bonds. The van der Waals surface area contributed by atoms with Crippen LogP contribution in [-0.4, -0.2) is 55.2 Å². The summed E-state index contributed by atoms with van der Waals surface area (Å²) >= 11 is 0. The molecule has 0 aromatic carbocycles. The summed E-state index contributed by atoms with van der Waals surface area (Å²) in [5, 5.41) is 18.8. The van der Waals surface area contributed by atoms with E-state index in [1.165, 1.54) is 0 Å². The quantitative estimate of drug-likeness (QED) is 0.328. The minimum Gasteiger partial charge on any atom is -0.471 e. The summed E-state index contributed by atoms with van der Waals surface area (Å²) in [4.78, 5) is 28.0. The molecule has 1 aliphatic heterocycles. The average Bonchev–Trinajstić information content (AvgIpc) is 3.25. The van der Waals surface area contributed by atoms with Gasteiger partial charge < -0.3 is 20.3 Å². The molecule has 0 bridgehead atoms. The van der Waals surface area contributed by atoms with Crippen molar-refractivity contribution in [1.29, 1.82) is 5.41 Å². The number of nitrogens with zero attached hydrogens (tertiary/aromatic N) is 6. The minimum absolute atomic E-state index is 0.0360. The second kappa shape index (κ2) is 10.2. The zero-order valence-electron chi connectivity index (χ0n) is 22.5. The Labute approximate surface area is 217 Å². The van der Waals surface area contributed by atoms with Crippen molar-refractivity contribution in [2.75, 3.05) is 22.6 Å². The third-order valence-electron chi connectivity index (χ3n) is 5.92. The molecule has 1 unspecified atom stereocenters. The molecule has 11 heteroatoms. The largest absolute Gasteiger partial charge is 0.471 e. The predicted molar refractivity (Wildman–Crippen MR) is 143 cm³/mol. The molecular weight excluding hydrogens is 470 g/mol. The summed E-state index contributed by atoms with van der Waals surface area (Å²) in [6.07, 6.45) is 5.49. The van der Waals surface area contributed by atoms with Crippen LogP contribution in [0.2, 0.25) is 0 Å². The number of amides is 1. The number of likely N-dealkylation sites (N-methyl/N-ethyl adjacent to an activating group) is 1. The van der Waals surface area contributed by atoms with Gasteiger partial charge in [-0.1, -0.05) is 19.9 Å². The van der Waals surface area contributed by atoms with Crippen molar-refractivity contribution >= 4 is 29.3 Å². The lowest BCUT2D eigenvalue weighted by molar-refractivity contribution is -0.118. The highest BCUT2D eigenvalue weighted by Crippen LogP contribution is 2.34. The number of fused-ring (bicyclic) bond motifs is 1. The van der Waals surface area contributed by atoms with Crippen molar-refractivity contribution in [2.24, 2.45) is 5.92 Å². The summed E-state index contributed by atoms with van der Waals surface area (Å²) in [7, 11) is 1.89. The second-order valence-corrected chi connectivity index (χ2v) is 10.6. The Bertz CT molecular complexity index is 1290. The Morgan fingerprint density at radius 2 is 1.97 bits per heavy atom. The highest BCUT2D eigenvalue weighted by Gasteiger charge is 2.35. The topological polar surface area (TPSA) is 134 Å². The van der Waals surface area contributed by atoms with Crippen molar-refractivity contribution in [3.05, 3.63) is 53.2 Å². The highest BCUT2D eigenvalue weighted by atomic mass is 16.5. The maximum absolute atomic E-state index is 12.5. The number of anilines is 3. The SMILES string of the molecule is Cc1nc(NCc2cnn(Cc3ccc(C(=N)OC(C)(C)C)nc3)c2)nc2c1NC(=O)C(C(C)C)N2C. The molecule has 196 valence electrons. The van der Waals surface area contributed by atoms with Crippen LogP contribution >= 0.6 is 0 Å². The van der Waals surface area contributed by atoms with Gasteiger partial charge in [0.05, 0.1) is 18.4 Å². The van der Waals surface area contributed by atoms with Gasteiger partial charge in [0.15, 0.2) is 5.82 Å². The van der Waals surface area contributed by atoms with Gasteiger partial charge in [-0.25, -0.2) is 4.98 Å². The number of nitrogens with one attached hydrogen (secondary N) is 3. The Balaban J connectivity index is 1.39. The normalized spacial score (nSPS) is 15.4. The number of aryl methyl sites for hydroxylation is 1. The van der Waals surface area contributed by atoms with E-state index < -0.39 is 5.60 Å². The van der Waals surface area contributed by atoms with Crippen molar-refractivity contribution in [3.8, 4) is 0 Å². The molecular formula is C26H35N9O2. The number of hydrogen-bond acceptors (Lipinski definition) is 9. The number of carbonyl (C=O) groups excluding carboxylic acids is 1. The molecule has 1 aliphatic rings. The molecule has 0 spiro atoms. The molecule has 4 heterocycles. The number of hydrogen-bond donors (Lipinski definition) is 3. The van der Waals surface area contributed by atoms with Crippen LogP contribution in [0.25, 0.3) is 0 Å². The smallest absolute Gasteiger partial charge is 0.247 e. The van der Waals surface area contributed by atoms with Crippen molar-refractivity contribution < 1.29 is 9.53 Å². The summed E-state index contributed by atoms with van der Waals surface area (Å²) in [5.74, 6) is 1.37. The van der Waals surface area contributed by atoms with E-state index in [2.05, 4.69) is 30.7 Å². The van der Waals surface area contributed by atoms with Crippen LogP contribution in [0, 0.1) is 18.3 Å². The molecule has 0 saturated carbocycles. The maximum atomic E-state index is 12.5. The van der Waals surface area contributed by atoms with Crippen molar-refractivity contribution in [3.63, 3.8) is 0 Å². The Morgan fingerprint density at radius 1 is 1.22 bits per heavy atom. The van der Waals surface area contributed by atoms with Crippen molar-refractivity contribution in [1.82, 2.24) is 24.7 Å². The van der Waals surface area contributed by atoms with Gasteiger partial charge in [0.2, 0.25) is 17.8 Å². The monoisotopic (exact) mass is 505 g/mol. The molecule has 1 atom stereocenters. The van der Waals surface area contributed by atoms with E-state index >= 15 is 0 Å². The van der Waals surface area contributed by atoms with Gasteiger partial charge in [0.1, 0.15) is 23.0 Å². The van der Waals surface area contributed by atoms with Gasteiger partial charge >= 0.3 is 0 Å². The van der Waals surface area contributed by atoms with E-state index in [9.17, 15) is 4.79 Å². The van der Waals surface area contributed by atoms with Crippen LogP contribution in [0.4, 0.5) is 17.5 Å². The maximum Gasteiger partial charge on any atom is 0.247 e. The molecule has 11 nitrogen and oxygen atoms in total. The lowest BCUT2D eigenvalue weighted by Crippen LogP contribution is -2.49. The molecule has 0 saturated heterocycles. The first-order valence-electron chi connectivity index (χ1n) is 12.3. The van der Waals surface area contributed by atoms with Crippen LogP contribution in [-0.2, 0) is 22.6 Å². The standard InChI is InChI=1S/C26H35N9O2/c1-15(2)21-24(36)32-20-16(3)31-25(33-23(20)34(21)7)29-11-18-12-30-35(14-18)13-17-8-9-19(28-10-17)22(27)37-26(4,5)6/h8-10,12,14-15,21,27H,11,13H2,1-7H3,(H,32,36)(H,29,31,33). The first-order chi connectivity index (χ1) is 17.4. The Hall–Kier alpha value is -4.02. The molecule has 0 aliphatic carbocycles. The van der Waals surface area contributed by atoms with Crippen LogP contribution in [0.3, 0.4) is 0 Å². The number of carbonyl (C=O) groups is 1. The number of pyridine rings is 1. The van der Waals surface area contributed by atoms with Crippen molar-refractivity contribution in [2.45, 2.75) is 66.3 Å². The molecule has 3 N–H and O–H groups in total. The zero-order chi connectivity index (χ0) is 26.9. The van der Waals surface area contributed by atoms with Gasteiger partial charge in [0, 0.05) is 31.5 Å². The predicted octanol–water partition coefficient (Wildman–Crippen LogP) is 3.59. The van der Waals surface area contributed by atoms with Gasteiger partial charge in [-0.05, 0) is 45.2 Å². The summed E-state index contributed by atoms with van der Waals surface area (Å²) < 4.78 is 7.41. The van der Waals surface area contributed by atoms with E-state index in [-0.39, 0.29) is 23.8 Å². The number of aromatic nitrogens is 5. The molecule has 3 aromatic heterocycles. The van der Waals surface area contributed by atoms with Crippen LogP contribution in [0.1, 0.15) is 57.1 Å². The second-order valence-electron chi connectivity index (χ2n) is 10.6. The first-order valence-corrected chi connectivity index (χ1v) is 12.3.